The molecule has 0 fully saturated rings. The Morgan fingerprint density at radius 2 is 2.25 bits per heavy atom. The molecule has 16 heavy (non-hydrogen) atoms. The van der Waals surface area contributed by atoms with Crippen molar-refractivity contribution in [2.24, 2.45) is 5.73 Å². The molecule has 0 bridgehead atoms. The molecule has 1 aromatic heterocycles. The zero-order valence-electron chi connectivity index (χ0n) is 9.86. The molecule has 1 unspecified atom stereocenters. The van der Waals surface area contributed by atoms with Crippen LogP contribution in [0.1, 0.15) is 43.8 Å². The van der Waals surface area contributed by atoms with Crippen LogP contribution >= 0.6 is 11.3 Å². The van der Waals surface area contributed by atoms with E-state index in [2.05, 4.69) is 25.8 Å². The highest BCUT2D eigenvalue weighted by molar-refractivity contribution is 7.09. The van der Waals surface area contributed by atoms with Crippen LogP contribution in [0.5, 0.6) is 0 Å². The van der Waals surface area contributed by atoms with Gasteiger partial charge in [-0.2, -0.15) is 0 Å². The molecule has 0 aromatic carbocycles. The first-order chi connectivity index (χ1) is 7.34. The Morgan fingerprint density at radius 1 is 1.62 bits per heavy atom. The standard InChI is InChI=1S/C11H18N2O2S/c1-11(2,3)10-13-8(6-16-10)7(5-12)4-9(14)15/h6-7H,4-5,12H2,1-3H3,(H,14,15). The Balaban J connectivity index is 2.87. The van der Waals surface area contributed by atoms with E-state index in [0.717, 1.165) is 10.7 Å². The number of carbonyl (C=O) groups is 1. The summed E-state index contributed by atoms with van der Waals surface area (Å²) in [6, 6.07) is 0. The highest BCUT2D eigenvalue weighted by Crippen LogP contribution is 2.29. The van der Waals surface area contributed by atoms with Crippen molar-refractivity contribution >= 4 is 17.3 Å². The lowest BCUT2D eigenvalue weighted by Gasteiger charge is -2.14. The summed E-state index contributed by atoms with van der Waals surface area (Å²) in [5.41, 5.74) is 6.38. The molecule has 90 valence electrons. The van der Waals surface area contributed by atoms with Crippen LogP contribution < -0.4 is 5.73 Å². The Kier molecular flexibility index (Phi) is 4.04. The monoisotopic (exact) mass is 242 g/mol. The first-order valence-corrected chi connectivity index (χ1v) is 6.10. The molecular formula is C11H18N2O2S. The molecule has 0 amide bonds. The molecule has 4 nitrogen and oxygen atoms in total. The van der Waals surface area contributed by atoms with E-state index in [1.165, 1.54) is 0 Å². The first-order valence-electron chi connectivity index (χ1n) is 5.22. The summed E-state index contributed by atoms with van der Waals surface area (Å²) in [6.45, 7) is 6.58. The van der Waals surface area contributed by atoms with Gasteiger partial charge in [0.15, 0.2) is 0 Å². The number of rotatable bonds is 4. The van der Waals surface area contributed by atoms with E-state index < -0.39 is 5.97 Å². The maximum Gasteiger partial charge on any atom is 0.304 e. The number of hydrogen-bond acceptors (Lipinski definition) is 4. The average molecular weight is 242 g/mol. The maximum absolute atomic E-state index is 10.7. The van der Waals surface area contributed by atoms with E-state index in [1.807, 2.05) is 5.38 Å². The minimum absolute atomic E-state index is 0.00525. The summed E-state index contributed by atoms with van der Waals surface area (Å²) in [6.07, 6.45) is 0.0455. The summed E-state index contributed by atoms with van der Waals surface area (Å²) in [4.78, 5) is 15.1. The predicted octanol–water partition coefficient (Wildman–Crippen LogP) is 1.96. The molecule has 5 heteroatoms. The second-order valence-corrected chi connectivity index (χ2v) is 5.72. The van der Waals surface area contributed by atoms with E-state index in [4.69, 9.17) is 10.8 Å². The van der Waals surface area contributed by atoms with E-state index >= 15 is 0 Å². The summed E-state index contributed by atoms with van der Waals surface area (Å²) in [5.74, 6) is -1.01. The Morgan fingerprint density at radius 3 is 2.62 bits per heavy atom. The summed E-state index contributed by atoms with van der Waals surface area (Å²) < 4.78 is 0. The fourth-order valence-electron chi connectivity index (χ4n) is 1.34. The number of aromatic nitrogens is 1. The molecule has 0 saturated carbocycles. The van der Waals surface area contributed by atoms with Crippen molar-refractivity contribution in [2.45, 2.75) is 38.5 Å². The minimum atomic E-state index is -0.833. The van der Waals surface area contributed by atoms with Gasteiger partial charge in [-0.3, -0.25) is 4.79 Å². The van der Waals surface area contributed by atoms with Crippen molar-refractivity contribution in [1.29, 1.82) is 0 Å². The fraction of sp³-hybridized carbons (Fsp3) is 0.636. The van der Waals surface area contributed by atoms with Gasteiger partial charge in [-0.05, 0) is 0 Å². The van der Waals surface area contributed by atoms with Crippen molar-refractivity contribution in [1.82, 2.24) is 4.98 Å². The van der Waals surface area contributed by atoms with Crippen LogP contribution in [0.2, 0.25) is 0 Å². The number of carboxylic acids is 1. The van der Waals surface area contributed by atoms with Crippen LogP contribution in [0.25, 0.3) is 0 Å². The molecule has 0 aliphatic rings. The molecule has 1 atom stereocenters. The van der Waals surface area contributed by atoms with Gasteiger partial charge in [-0.25, -0.2) is 4.98 Å². The van der Waals surface area contributed by atoms with Crippen LogP contribution in [0.15, 0.2) is 5.38 Å². The van der Waals surface area contributed by atoms with Gasteiger partial charge in [-0.15, -0.1) is 11.3 Å². The van der Waals surface area contributed by atoms with Crippen molar-refractivity contribution in [3.63, 3.8) is 0 Å². The number of aliphatic carboxylic acids is 1. The summed E-state index contributed by atoms with van der Waals surface area (Å²) >= 11 is 1.57. The molecule has 0 spiro atoms. The Hall–Kier alpha value is -0.940. The second-order valence-electron chi connectivity index (χ2n) is 4.86. The Bertz CT molecular complexity index is 368. The van der Waals surface area contributed by atoms with Gasteiger partial charge in [0.2, 0.25) is 0 Å². The first kappa shape index (κ1) is 13.1. The topological polar surface area (TPSA) is 76.2 Å². The van der Waals surface area contributed by atoms with Crippen LogP contribution in [0, 0.1) is 0 Å². The predicted molar refractivity (Wildman–Crippen MR) is 64.9 cm³/mol. The lowest BCUT2D eigenvalue weighted by molar-refractivity contribution is -0.137. The number of hydrogen-bond donors (Lipinski definition) is 2. The molecule has 0 radical (unpaired) electrons. The van der Waals surface area contributed by atoms with Gasteiger partial charge in [0.1, 0.15) is 0 Å². The van der Waals surface area contributed by atoms with Gasteiger partial charge < -0.3 is 10.8 Å². The van der Waals surface area contributed by atoms with E-state index in [0.29, 0.717) is 6.54 Å². The van der Waals surface area contributed by atoms with E-state index in [1.54, 1.807) is 11.3 Å². The van der Waals surface area contributed by atoms with Gasteiger partial charge in [0, 0.05) is 23.3 Å². The average Bonchev–Trinajstić information content (AvgIpc) is 2.61. The van der Waals surface area contributed by atoms with Gasteiger partial charge in [-0.1, -0.05) is 20.8 Å². The molecular weight excluding hydrogens is 224 g/mol. The van der Waals surface area contributed by atoms with E-state index in [-0.39, 0.29) is 17.8 Å². The van der Waals surface area contributed by atoms with Crippen LogP contribution in [-0.2, 0) is 10.2 Å². The van der Waals surface area contributed by atoms with Crippen molar-refractivity contribution in [3.05, 3.63) is 16.1 Å². The summed E-state index contributed by atoms with van der Waals surface area (Å²) in [7, 11) is 0. The van der Waals surface area contributed by atoms with E-state index in [9.17, 15) is 4.79 Å². The number of carboxylic acid groups (broad SMARTS) is 1. The van der Waals surface area contributed by atoms with Crippen molar-refractivity contribution < 1.29 is 9.90 Å². The number of nitrogens with zero attached hydrogens (tertiary/aromatic N) is 1. The number of thiazole rings is 1. The molecule has 0 aliphatic carbocycles. The van der Waals surface area contributed by atoms with Gasteiger partial charge in [0.25, 0.3) is 0 Å². The third-order valence-corrected chi connectivity index (χ3v) is 3.57. The van der Waals surface area contributed by atoms with Crippen LogP contribution in [-0.4, -0.2) is 22.6 Å². The highest BCUT2D eigenvalue weighted by atomic mass is 32.1. The van der Waals surface area contributed by atoms with Crippen LogP contribution in [0.4, 0.5) is 0 Å². The molecule has 0 aliphatic heterocycles. The molecule has 0 saturated heterocycles. The van der Waals surface area contributed by atoms with Crippen LogP contribution in [0.3, 0.4) is 0 Å². The molecule has 1 rings (SSSR count). The highest BCUT2D eigenvalue weighted by Gasteiger charge is 2.22. The normalized spacial score (nSPS) is 13.8. The smallest absolute Gasteiger partial charge is 0.304 e. The van der Waals surface area contributed by atoms with Crippen molar-refractivity contribution in [2.75, 3.05) is 6.54 Å². The minimum Gasteiger partial charge on any atom is -0.481 e. The zero-order valence-corrected chi connectivity index (χ0v) is 10.7. The van der Waals surface area contributed by atoms with Gasteiger partial charge >= 0.3 is 5.97 Å². The molecule has 1 heterocycles. The quantitative estimate of drug-likeness (QED) is 0.846. The van der Waals surface area contributed by atoms with Crippen molar-refractivity contribution in [3.8, 4) is 0 Å². The zero-order chi connectivity index (χ0) is 12.3. The maximum atomic E-state index is 10.7. The second kappa shape index (κ2) is 4.93. The lowest BCUT2D eigenvalue weighted by atomic mass is 9.97. The fourth-order valence-corrected chi connectivity index (χ4v) is 2.33. The van der Waals surface area contributed by atoms with Gasteiger partial charge in [0.05, 0.1) is 17.1 Å². The third kappa shape index (κ3) is 3.28. The molecule has 3 N–H and O–H groups in total. The Labute approximate surface area is 99.5 Å². The lowest BCUT2D eigenvalue weighted by Crippen LogP contribution is -2.17. The largest absolute Gasteiger partial charge is 0.481 e. The number of nitrogens with two attached hydrogens (primary N) is 1. The summed E-state index contributed by atoms with van der Waals surface area (Å²) in [5, 5.41) is 11.7. The third-order valence-electron chi connectivity index (χ3n) is 2.29. The SMILES string of the molecule is CC(C)(C)c1nc(C(CN)CC(=O)O)cs1. The molecule has 1 aromatic rings.